The van der Waals surface area contributed by atoms with E-state index in [0.717, 1.165) is 58.1 Å². The third-order valence-electron chi connectivity index (χ3n) is 6.14. The minimum Gasteiger partial charge on any atom is -0.493 e. The van der Waals surface area contributed by atoms with E-state index in [1.54, 1.807) is 32.7 Å². The Balaban J connectivity index is 0.00000304. The maximum atomic E-state index is 12.8. The van der Waals surface area contributed by atoms with Crippen LogP contribution in [0.25, 0.3) is 10.9 Å². The number of carbonyl (C=O) groups excluding carboxylic acids is 1. The molecule has 0 radical (unpaired) electrons. The van der Waals surface area contributed by atoms with Crippen LogP contribution in [0.5, 0.6) is 11.5 Å². The lowest BCUT2D eigenvalue weighted by Crippen LogP contribution is -2.13. The Bertz CT molecular complexity index is 1430. The summed E-state index contributed by atoms with van der Waals surface area (Å²) in [6.45, 7) is 0. The second-order valence-electron chi connectivity index (χ2n) is 8.39. The van der Waals surface area contributed by atoms with Crippen molar-refractivity contribution in [3.8, 4) is 11.5 Å². The van der Waals surface area contributed by atoms with E-state index in [0.29, 0.717) is 22.7 Å². The fourth-order valence-electron chi connectivity index (χ4n) is 4.44. The highest BCUT2D eigenvalue weighted by molar-refractivity contribution is 9.10. The molecule has 7 nitrogen and oxygen atoms in total. The standard InChI is InChI=1S/C27H25BrN4O3.ClH/c1-34-24-10-8-19(13-25(24)35-2)30-26-20-5-3-4-6-22(20)32-23-9-7-18(12-21(23)26)31-27(33)16-11-17(28)15-29-14-16;/h7-15H,3-6H2,1-2H3,(H,30,32)(H,31,33);1H. The highest BCUT2D eigenvalue weighted by atomic mass is 79.9. The van der Waals surface area contributed by atoms with Crippen LogP contribution in [0.1, 0.15) is 34.5 Å². The van der Waals surface area contributed by atoms with Gasteiger partial charge in [-0.05, 0) is 83.6 Å². The number of nitrogens with one attached hydrogen (secondary N) is 2. The predicted molar refractivity (Wildman–Crippen MR) is 148 cm³/mol. The molecule has 36 heavy (non-hydrogen) atoms. The van der Waals surface area contributed by atoms with E-state index < -0.39 is 0 Å². The number of nitrogens with zero attached hydrogens (tertiary/aromatic N) is 2. The van der Waals surface area contributed by atoms with Crippen molar-refractivity contribution in [1.29, 1.82) is 0 Å². The van der Waals surface area contributed by atoms with Crippen LogP contribution in [0.15, 0.2) is 59.3 Å². The number of aryl methyl sites for hydroxylation is 1. The number of methoxy groups -OCH3 is 2. The molecule has 2 N–H and O–H groups in total. The molecule has 1 aliphatic carbocycles. The maximum Gasteiger partial charge on any atom is 0.257 e. The lowest BCUT2D eigenvalue weighted by Gasteiger charge is -2.22. The van der Waals surface area contributed by atoms with Crippen molar-refractivity contribution < 1.29 is 14.3 Å². The first-order chi connectivity index (χ1) is 17.1. The van der Waals surface area contributed by atoms with E-state index in [-0.39, 0.29) is 18.3 Å². The van der Waals surface area contributed by atoms with Crippen molar-refractivity contribution in [2.45, 2.75) is 25.7 Å². The third-order valence-corrected chi connectivity index (χ3v) is 6.57. The van der Waals surface area contributed by atoms with Crippen molar-refractivity contribution in [1.82, 2.24) is 9.97 Å². The van der Waals surface area contributed by atoms with Crippen molar-refractivity contribution in [2.24, 2.45) is 0 Å². The summed E-state index contributed by atoms with van der Waals surface area (Å²) in [7, 11) is 3.25. The second-order valence-corrected chi connectivity index (χ2v) is 9.31. The number of anilines is 3. The minimum atomic E-state index is -0.224. The van der Waals surface area contributed by atoms with Gasteiger partial charge in [-0.1, -0.05) is 0 Å². The van der Waals surface area contributed by atoms with Gasteiger partial charge in [0.1, 0.15) is 0 Å². The largest absolute Gasteiger partial charge is 0.493 e. The van der Waals surface area contributed by atoms with Crippen LogP contribution in [0, 0.1) is 0 Å². The van der Waals surface area contributed by atoms with E-state index in [1.165, 1.54) is 5.56 Å². The van der Waals surface area contributed by atoms with Crippen LogP contribution in [0.2, 0.25) is 0 Å². The van der Waals surface area contributed by atoms with Gasteiger partial charge in [0.05, 0.1) is 31.0 Å². The fraction of sp³-hybridized carbons (Fsp3) is 0.222. The number of benzene rings is 2. The highest BCUT2D eigenvalue weighted by Gasteiger charge is 2.20. The quantitative estimate of drug-likeness (QED) is 0.269. The van der Waals surface area contributed by atoms with Gasteiger partial charge in [-0.25, -0.2) is 0 Å². The van der Waals surface area contributed by atoms with Crippen LogP contribution in [-0.2, 0) is 12.8 Å². The number of pyridine rings is 2. The van der Waals surface area contributed by atoms with Gasteiger partial charge in [0.25, 0.3) is 5.91 Å². The Morgan fingerprint density at radius 1 is 0.944 bits per heavy atom. The molecule has 0 aliphatic heterocycles. The van der Waals surface area contributed by atoms with Crippen molar-refractivity contribution in [3.63, 3.8) is 0 Å². The summed E-state index contributed by atoms with van der Waals surface area (Å²) in [5.41, 5.74) is 6.30. The zero-order valence-corrected chi connectivity index (χ0v) is 22.3. The van der Waals surface area contributed by atoms with Crippen LogP contribution < -0.4 is 20.1 Å². The molecule has 0 saturated heterocycles. The minimum absolute atomic E-state index is 0. The molecular weight excluding hydrogens is 544 g/mol. The second kappa shape index (κ2) is 11.1. The average molecular weight is 570 g/mol. The lowest BCUT2D eigenvalue weighted by molar-refractivity contribution is 0.102. The number of ether oxygens (including phenoxy) is 2. The number of hydrogen-bond acceptors (Lipinski definition) is 6. The molecule has 2 aromatic heterocycles. The zero-order chi connectivity index (χ0) is 24.4. The Morgan fingerprint density at radius 3 is 2.50 bits per heavy atom. The number of halogens is 2. The molecule has 0 atom stereocenters. The predicted octanol–water partition coefficient (Wildman–Crippen LogP) is 6.71. The third kappa shape index (κ3) is 5.24. The van der Waals surface area contributed by atoms with Crippen LogP contribution in [0.3, 0.4) is 0 Å². The van der Waals surface area contributed by atoms with Gasteiger partial charge < -0.3 is 20.1 Å². The number of aromatic nitrogens is 2. The summed E-state index contributed by atoms with van der Waals surface area (Å²) in [5.74, 6) is 1.10. The van der Waals surface area contributed by atoms with Crippen molar-refractivity contribution in [2.75, 3.05) is 24.9 Å². The topological polar surface area (TPSA) is 85.4 Å². The Kier molecular flexibility index (Phi) is 7.96. The summed E-state index contributed by atoms with van der Waals surface area (Å²) in [4.78, 5) is 21.9. The number of carbonyl (C=O) groups is 1. The first-order valence-corrected chi connectivity index (χ1v) is 12.2. The number of fused-ring (bicyclic) bond motifs is 2. The molecule has 2 aromatic carbocycles. The lowest BCUT2D eigenvalue weighted by atomic mass is 9.92. The molecular formula is C27H26BrClN4O3. The highest BCUT2D eigenvalue weighted by Crippen LogP contribution is 2.38. The molecule has 2 heterocycles. The molecule has 186 valence electrons. The molecule has 9 heteroatoms. The number of amides is 1. The van der Waals surface area contributed by atoms with E-state index in [1.807, 2.05) is 36.4 Å². The van der Waals surface area contributed by atoms with Gasteiger partial charge in [-0.2, -0.15) is 0 Å². The molecule has 4 aromatic rings. The van der Waals surface area contributed by atoms with Gasteiger partial charge >= 0.3 is 0 Å². The Labute approximate surface area is 224 Å². The van der Waals surface area contributed by atoms with Crippen LogP contribution in [0.4, 0.5) is 17.1 Å². The molecule has 0 saturated carbocycles. The summed E-state index contributed by atoms with van der Waals surface area (Å²) in [6, 6.07) is 13.3. The van der Waals surface area contributed by atoms with Gasteiger partial charge in [-0.3, -0.25) is 14.8 Å². The Hall–Kier alpha value is -3.36. The van der Waals surface area contributed by atoms with Crippen molar-refractivity contribution >= 4 is 62.2 Å². The SMILES string of the molecule is COc1ccc(Nc2c3c(nc4ccc(NC(=O)c5cncc(Br)c5)cc24)CCCC3)cc1OC.Cl. The first-order valence-electron chi connectivity index (χ1n) is 11.4. The van der Waals surface area contributed by atoms with Gasteiger partial charge in [-0.15, -0.1) is 12.4 Å². The van der Waals surface area contributed by atoms with Gasteiger partial charge in [0, 0.05) is 45.4 Å². The zero-order valence-electron chi connectivity index (χ0n) is 19.9. The van der Waals surface area contributed by atoms with Crippen LogP contribution >= 0.6 is 28.3 Å². The number of hydrogen-bond donors (Lipinski definition) is 2. The van der Waals surface area contributed by atoms with E-state index >= 15 is 0 Å². The van der Waals surface area contributed by atoms with Crippen LogP contribution in [-0.4, -0.2) is 30.1 Å². The number of rotatable bonds is 6. The Morgan fingerprint density at radius 2 is 1.72 bits per heavy atom. The summed E-state index contributed by atoms with van der Waals surface area (Å²) >= 11 is 3.37. The van der Waals surface area contributed by atoms with Gasteiger partial charge in [0.15, 0.2) is 11.5 Å². The molecule has 1 amide bonds. The van der Waals surface area contributed by atoms with E-state index in [4.69, 9.17) is 14.5 Å². The van der Waals surface area contributed by atoms with Gasteiger partial charge in [0.2, 0.25) is 0 Å². The fourth-order valence-corrected chi connectivity index (χ4v) is 4.81. The average Bonchev–Trinajstić information content (AvgIpc) is 2.88. The summed E-state index contributed by atoms with van der Waals surface area (Å²) in [5, 5.41) is 7.56. The van der Waals surface area contributed by atoms with E-state index in [9.17, 15) is 4.79 Å². The molecule has 0 unspecified atom stereocenters. The smallest absolute Gasteiger partial charge is 0.257 e. The molecule has 0 bridgehead atoms. The maximum absolute atomic E-state index is 12.8. The molecule has 0 spiro atoms. The summed E-state index contributed by atoms with van der Waals surface area (Å²) < 4.78 is 11.6. The molecule has 5 rings (SSSR count). The summed E-state index contributed by atoms with van der Waals surface area (Å²) in [6.07, 6.45) is 7.36. The monoisotopic (exact) mass is 568 g/mol. The van der Waals surface area contributed by atoms with E-state index in [2.05, 4.69) is 31.5 Å². The molecule has 0 fully saturated rings. The molecule has 1 aliphatic rings. The van der Waals surface area contributed by atoms with Crippen molar-refractivity contribution in [3.05, 3.63) is 76.2 Å². The first kappa shape index (κ1) is 25.7. The normalized spacial score (nSPS) is 12.3.